The fourth-order valence-electron chi connectivity index (χ4n) is 2.53. The Balaban J connectivity index is 1.82. The van der Waals surface area contributed by atoms with Gasteiger partial charge in [-0.2, -0.15) is 0 Å². The van der Waals surface area contributed by atoms with Gasteiger partial charge < -0.3 is 19.3 Å². The van der Waals surface area contributed by atoms with Crippen LogP contribution in [0.4, 0.5) is 4.39 Å². The number of hydrogen-bond donors (Lipinski definition) is 1. The molecule has 2 heterocycles. The minimum absolute atomic E-state index is 0.278. The van der Waals surface area contributed by atoms with Crippen LogP contribution in [0.2, 0.25) is 0 Å². The van der Waals surface area contributed by atoms with Crippen molar-refractivity contribution >= 4 is 0 Å². The zero-order valence-corrected chi connectivity index (χ0v) is 11.0. The van der Waals surface area contributed by atoms with Crippen molar-refractivity contribution < 1.29 is 23.7 Å². The summed E-state index contributed by atoms with van der Waals surface area (Å²) in [5, 5.41) is 10.6. The quantitative estimate of drug-likeness (QED) is 0.846. The van der Waals surface area contributed by atoms with E-state index in [1.807, 2.05) is 0 Å². The molecule has 0 spiro atoms. The van der Waals surface area contributed by atoms with Crippen molar-refractivity contribution in [2.24, 2.45) is 0 Å². The van der Waals surface area contributed by atoms with E-state index in [4.69, 9.17) is 14.2 Å². The molecule has 0 radical (unpaired) electrons. The van der Waals surface area contributed by atoms with Gasteiger partial charge in [-0.15, -0.1) is 0 Å². The zero-order chi connectivity index (χ0) is 13.7. The van der Waals surface area contributed by atoms with E-state index in [1.165, 1.54) is 18.2 Å². The molecule has 3 rings (SSSR count). The highest BCUT2D eigenvalue weighted by Crippen LogP contribution is 2.38. The molecule has 4 nitrogen and oxygen atoms in total. The van der Waals surface area contributed by atoms with Gasteiger partial charge in [0.2, 0.25) is 5.79 Å². The molecular weight excluding hydrogens is 251 g/mol. The molecule has 19 heavy (non-hydrogen) atoms. The van der Waals surface area contributed by atoms with Crippen LogP contribution in [0.5, 0.6) is 5.75 Å². The highest BCUT2D eigenvalue weighted by atomic mass is 19.1. The van der Waals surface area contributed by atoms with Crippen LogP contribution in [0, 0.1) is 5.82 Å². The number of hydrogen-bond acceptors (Lipinski definition) is 4. The topological polar surface area (TPSA) is 47.9 Å². The molecule has 1 aromatic carbocycles. The molecule has 2 aliphatic rings. The number of ether oxygens (including phenoxy) is 3. The first kappa shape index (κ1) is 12.8. The van der Waals surface area contributed by atoms with Gasteiger partial charge in [0.05, 0.1) is 6.61 Å². The molecule has 0 bridgehead atoms. The lowest BCUT2D eigenvalue weighted by molar-refractivity contribution is -0.239. The third-order valence-electron chi connectivity index (χ3n) is 3.57. The van der Waals surface area contributed by atoms with E-state index in [0.29, 0.717) is 18.6 Å². The minimum Gasteiger partial charge on any atom is -0.459 e. The van der Waals surface area contributed by atoms with Crippen LogP contribution in [0.3, 0.4) is 0 Å². The third-order valence-corrected chi connectivity index (χ3v) is 3.57. The molecule has 1 saturated heterocycles. The molecule has 1 fully saturated rings. The van der Waals surface area contributed by atoms with Gasteiger partial charge >= 0.3 is 0 Å². The van der Waals surface area contributed by atoms with Crippen molar-refractivity contribution in [3.8, 4) is 5.75 Å². The summed E-state index contributed by atoms with van der Waals surface area (Å²) in [5.74, 6) is -1.93. The second-order valence-corrected chi connectivity index (χ2v) is 5.52. The van der Waals surface area contributed by atoms with E-state index in [2.05, 4.69) is 0 Å². The second-order valence-electron chi connectivity index (χ2n) is 5.52. The first-order valence-corrected chi connectivity index (χ1v) is 6.40. The van der Waals surface area contributed by atoms with Gasteiger partial charge in [0.1, 0.15) is 17.7 Å². The Hall–Kier alpha value is -1.17. The highest BCUT2D eigenvalue weighted by molar-refractivity contribution is 5.36. The fourth-order valence-corrected chi connectivity index (χ4v) is 2.53. The van der Waals surface area contributed by atoms with Gasteiger partial charge in [-0.25, -0.2) is 4.39 Å². The summed E-state index contributed by atoms with van der Waals surface area (Å²) in [6.45, 7) is 3.87. The molecule has 0 saturated carbocycles. The van der Waals surface area contributed by atoms with E-state index in [-0.39, 0.29) is 12.4 Å². The molecule has 2 aliphatic heterocycles. The monoisotopic (exact) mass is 268 g/mol. The molecule has 1 aromatic rings. The lowest BCUT2D eigenvalue weighted by Crippen LogP contribution is -2.51. The van der Waals surface area contributed by atoms with Crippen molar-refractivity contribution in [3.63, 3.8) is 0 Å². The van der Waals surface area contributed by atoms with E-state index in [0.717, 1.165) is 5.56 Å². The highest BCUT2D eigenvalue weighted by Gasteiger charge is 2.49. The van der Waals surface area contributed by atoms with Gasteiger partial charge in [-0.05, 0) is 44.0 Å². The van der Waals surface area contributed by atoms with E-state index in [9.17, 15) is 9.50 Å². The largest absolute Gasteiger partial charge is 0.459 e. The Morgan fingerprint density at radius 1 is 1.37 bits per heavy atom. The van der Waals surface area contributed by atoms with Crippen LogP contribution >= 0.6 is 0 Å². The van der Waals surface area contributed by atoms with Crippen molar-refractivity contribution in [2.75, 3.05) is 6.61 Å². The second kappa shape index (κ2) is 4.16. The number of aliphatic hydroxyl groups is 1. The maximum atomic E-state index is 13.1. The minimum atomic E-state index is -1.42. The summed E-state index contributed by atoms with van der Waals surface area (Å²) in [7, 11) is 0. The van der Waals surface area contributed by atoms with E-state index >= 15 is 0 Å². The standard InChI is InChI=1S/C14H17FO4/c1-13(2)17-8-12(19-13)14(16)6-5-9-7-10(15)3-4-11(9)18-14/h3-4,7,12,16H,5-6,8H2,1-2H3/t12-,14?/m0/s1. The SMILES string of the molecule is CC1(C)OC[C@@H](C2(O)CCc3cc(F)ccc3O2)O1. The normalized spacial score (nSPS) is 32.7. The first-order valence-electron chi connectivity index (χ1n) is 6.40. The molecule has 2 atom stereocenters. The maximum absolute atomic E-state index is 13.1. The smallest absolute Gasteiger partial charge is 0.237 e. The number of aryl methyl sites for hydroxylation is 1. The molecule has 0 aliphatic carbocycles. The predicted molar refractivity (Wildman–Crippen MR) is 65.2 cm³/mol. The summed E-state index contributed by atoms with van der Waals surface area (Å²) in [5.41, 5.74) is 0.767. The van der Waals surface area contributed by atoms with Gasteiger partial charge in [0.15, 0.2) is 5.79 Å². The number of rotatable bonds is 1. The summed E-state index contributed by atoms with van der Waals surface area (Å²) in [6, 6.07) is 4.29. The molecule has 1 unspecified atom stereocenters. The summed E-state index contributed by atoms with van der Waals surface area (Å²) >= 11 is 0. The van der Waals surface area contributed by atoms with Crippen LogP contribution in [-0.2, 0) is 15.9 Å². The molecular formula is C14H17FO4. The van der Waals surface area contributed by atoms with E-state index < -0.39 is 17.7 Å². The van der Waals surface area contributed by atoms with Crippen LogP contribution < -0.4 is 4.74 Å². The predicted octanol–water partition coefficient (Wildman–Crippen LogP) is 1.99. The van der Waals surface area contributed by atoms with E-state index in [1.54, 1.807) is 13.8 Å². The summed E-state index contributed by atoms with van der Waals surface area (Å²) in [6.07, 6.45) is 0.359. The van der Waals surface area contributed by atoms with Crippen LogP contribution in [0.15, 0.2) is 18.2 Å². The Morgan fingerprint density at radius 3 is 2.84 bits per heavy atom. The average molecular weight is 268 g/mol. The van der Waals surface area contributed by atoms with Crippen molar-refractivity contribution in [2.45, 2.75) is 44.4 Å². The van der Waals surface area contributed by atoms with Crippen LogP contribution in [-0.4, -0.2) is 29.4 Å². The molecule has 1 N–H and O–H groups in total. The molecule has 104 valence electrons. The lowest BCUT2D eigenvalue weighted by Gasteiger charge is -2.37. The number of benzene rings is 1. The Bertz CT molecular complexity index is 502. The van der Waals surface area contributed by atoms with Crippen molar-refractivity contribution in [3.05, 3.63) is 29.6 Å². The number of fused-ring (bicyclic) bond motifs is 1. The van der Waals surface area contributed by atoms with Crippen molar-refractivity contribution in [1.29, 1.82) is 0 Å². The van der Waals surface area contributed by atoms with Crippen LogP contribution in [0.1, 0.15) is 25.8 Å². The molecule has 0 aromatic heterocycles. The van der Waals surface area contributed by atoms with Gasteiger partial charge in [0.25, 0.3) is 0 Å². The zero-order valence-electron chi connectivity index (χ0n) is 11.0. The fraction of sp³-hybridized carbons (Fsp3) is 0.571. The first-order chi connectivity index (χ1) is 8.88. The average Bonchev–Trinajstić information content (AvgIpc) is 2.71. The third kappa shape index (κ3) is 2.33. The van der Waals surface area contributed by atoms with Gasteiger partial charge in [-0.1, -0.05) is 0 Å². The summed E-state index contributed by atoms with van der Waals surface area (Å²) < 4.78 is 29.9. The number of halogens is 1. The van der Waals surface area contributed by atoms with Crippen LogP contribution in [0.25, 0.3) is 0 Å². The van der Waals surface area contributed by atoms with Gasteiger partial charge in [-0.3, -0.25) is 0 Å². The Kier molecular flexibility index (Phi) is 2.81. The Labute approximate surface area is 111 Å². The summed E-state index contributed by atoms with van der Waals surface area (Å²) in [4.78, 5) is 0. The maximum Gasteiger partial charge on any atom is 0.237 e. The van der Waals surface area contributed by atoms with Gasteiger partial charge in [0, 0.05) is 6.42 Å². The van der Waals surface area contributed by atoms with Crippen molar-refractivity contribution in [1.82, 2.24) is 0 Å². The lowest BCUT2D eigenvalue weighted by atomic mass is 9.96. The molecule has 5 heteroatoms. The Morgan fingerprint density at radius 2 is 2.16 bits per heavy atom. The molecule has 0 amide bonds.